The molecule has 0 radical (unpaired) electrons. The first-order valence-corrected chi connectivity index (χ1v) is 10.1. The van der Waals surface area contributed by atoms with Gasteiger partial charge in [-0.05, 0) is 33.6 Å². The van der Waals surface area contributed by atoms with Crippen LogP contribution in [0.1, 0.15) is 52.9 Å². The van der Waals surface area contributed by atoms with E-state index in [1.807, 2.05) is 17.2 Å². The van der Waals surface area contributed by atoms with Gasteiger partial charge in [0.2, 0.25) is 5.91 Å². The molecule has 1 amide bonds. The van der Waals surface area contributed by atoms with Crippen LogP contribution in [0.15, 0.2) is 11.6 Å². The van der Waals surface area contributed by atoms with Crippen molar-refractivity contribution in [2.75, 3.05) is 18.0 Å². The van der Waals surface area contributed by atoms with Gasteiger partial charge >= 0.3 is 0 Å². The summed E-state index contributed by atoms with van der Waals surface area (Å²) < 4.78 is 5.82. The van der Waals surface area contributed by atoms with Crippen LogP contribution in [0.25, 0.3) is 0 Å². The average molecular weight is 352 g/mol. The lowest BCUT2D eigenvalue weighted by molar-refractivity contribution is -0.129. The number of anilines is 1. The molecule has 1 saturated carbocycles. The van der Waals surface area contributed by atoms with E-state index in [0.29, 0.717) is 6.04 Å². The summed E-state index contributed by atoms with van der Waals surface area (Å²) in [6.45, 7) is 7.83. The van der Waals surface area contributed by atoms with Crippen molar-refractivity contribution in [3.63, 3.8) is 0 Å². The Bertz CT molecular complexity index is 520. The van der Waals surface area contributed by atoms with Gasteiger partial charge in [-0.25, -0.2) is 4.98 Å². The second-order valence-corrected chi connectivity index (χ2v) is 8.07. The SMILES string of the molecule is CC1CN(C(C)C(=O)N(c2nccs2)C2CCCCC2)CC(C)O1. The molecule has 3 unspecified atom stereocenters. The topological polar surface area (TPSA) is 45.7 Å². The highest BCUT2D eigenvalue weighted by molar-refractivity contribution is 7.13. The zero-order valence-electron chi connectivity index (χ0n) is 15.0. The molecule has 0 N–H and O–H groups in total. The van der Waals surface area contributed by atoms with Crippen molar-refractivity contribution in [2.24, 2.45) is 0 Å². The van der Waals surface area contributed by atoms with Crippen LogP contribution < -0.4 is 4.90 Å². The van der Waals surface area contributed by atoms with E-state index in [-0.39, 0.29) is 24.2 Å². The van der Waals surface area contributed by atoms with Gasteiger partial charge in [-0.3, -0.25) is 14.6 Å². The highest BCUT2D eigenvalue weighted by atomic mass is 32.1. The number of amides is 1. The molecular formula is C18H29N3O2S. The standard InChI is InChI=1S/C18H29N3O2S/c1-13-11-20(12-14(2)23-13)15(3)17(22)21(18-19-9-10-24-18)16-7-5-4-6-8-16/h9-10,13-16H,4-8,11-12H2,1-3H3. The maximum Gasteiger partial charge on any atom is 0.246 e. The summed E-state index contributed by atoms with van der Waals surface area (Å²) >= 11 is 1.57. The van der Waals surface area contributed by atoms with E-state index in [9.17, 15) is 4.79 Å². The summed E-state index contributed by atoms with van der Waals surface area (Å²) in [5.41, 5.74) is 0. The molecule has 1 aromatic rings. The summed E-state index contributed by atoms with van der Waals surface area (Å²) in [5, 5.41) is 2.82. The maximum atomic E-state index is 13.4. The normalized spacial score (nSPS) is 27.8. The molecule has 1 aliphatic heterocycles. The molecule has 0 bridgehead atoms. The Hall–Kier alpha value is -0.980. The molecule has 3 rings (SSSR count). The smallest absolute Gasteiger partial charge is 0.246 e. The molecule has 24 heavy (non-hydrogen) atoms. The average Bonchev–Trinajstić information content (AvgIpc) is 3.08. The maximum absolute atomic E-state index is 13.4. The number of thiazole rings is 1. The van der Waals surface area contributed by atoms with E-state index < -0.39 is 0 Å². The minimum absolute atomic E-state index is 0.135. The lowest BCUT2D eigenvalue weighted by Gasteiger charge is -2.41. The van der Waals surface area contributed by atoms with Gasteiger partial charge in [0, 0.05) is 30.7 Å². The Morgan fingerprint density at radius 2 is 1.96 bits per heavy atom. The van der Waals surface area contributed by atoms with E-state index in [2.05, 4.69) is 23.7 Å². The third-order valence-corrected chi connectivity index (χ3v) is 5.93. The Morgan fingerprint density at radius 3 is 2.54 bits per heavy atom. The van der Waals surface area contributed by atoms with Crippen LogP contribution in [0.2, 0.25) is 0 Å². The number of ether oxygens (including phenoxy) is 1. The number of hydrogen-bond donors (Lipinski definition) is 0. The van der Waals surface area contributed by atoms with Crippen molar-refractivity contribution in [2.45, 2.75) is 77.2 Å². The van der Waals surface area contributed by atoms with Crippen LogP contribution in [0.4, 0.5) is 5.13 Å². The predicted molar refractivity (Wildman–Crippen MR) is 97.5 cm³/mol. The molecule has 1 aliphatic carbocycles. The molecule has 3 atom stereocenters. The number of carbonyl (C=O) groups excluding carboxylic acids is 1. The molecule has 2 fully saturated rings. The molecule has 0 spiro atoms. The summed E-state index contributed by atoms with van der Waals surface area (Å²) in [6.07, 6.45) is 8.03. The Morgan fingerprint density at radius 1 is 1.29 bits per heavy atom. The molecule has 1 saturated heterocycles. The van der Waals surface area contributed by atoms with Crippen molar-refractivity contribution >= 4 is 22.4 Å². The van der Waals surface area contributed by atoms with Crippen molar-refractivity contribution in [3.05, 3.63) is 11.6 Å². The van der Waals surface area contributed by atoms with Crippen LogP contribution in [0.3, 0.4) is 0 Å². The zero-order valence-corrected chi connectivity index (χ0v) is 15.8. The van der Waals surface area contributed by atoms with Crippen LogP contribution in [0.5, 0.6) is 0 Å². The van der Waals surface area contributed by atoms with Gasteiger partial charge in [-0.1, -0.05) is 19.3 Å². The number of hydrogen-bond acceptors (Lipinski definition) is 5. The highest BCUT2D eigenvalue weighted by Gasteiger charge is 2.36. The monoisotopic (exact) mass is 351 g/mol. The molecule has 2 heterocycles. The number of nitrogens with zero attached hydrogens (tertiary/aromatic N) is 3. The van der Waals surface area contributed by atoms with Gasteiger partial charge in [0.25, 0.3) is 0 Å². The third kappa shape index (κ3) is 3.98. The number of carbonyl (C=O) groups is 1. The zero-order chi connectivity index (χ0) is 17.1. The molecular weight excluding hydrogens is 322 g/mol. The minimum atomic E-state index is -0.135. The van der Waals surface area contributed by atoms with E-state index in [1.54, 1.807) is 17.5 Å². The van der Waals surface area contributed by atoms with Crippen LogP contribution in [-0.4, -0.2) is 53.2 Å². The van der Waals surface area contributed by atoms with Crippen molar-refractivity contribution < 1.29 is 9.53 Å². The fourth-order valence-corrected chi connectivity index (χ4v) is 4.71. The first-order valence-electron chi connectivity index (χ1n) is 9.18. The van der Waals surface area contributed by atoms with Crippen LogP contribution in [-0.2, 0) is 9.53 Å². The van der Waals surface area contributed by atoms with Gasteiger partial charge in [-0.2, -0.15) is 0 Å². The molecule has 134 valence electrons. The largest absolute Gasteiger partial charge is 0.373 e. The summed E-state index contributed by atoms with van der Waals surface area (Å²) in [4.78, 5) is 22.1. The summed E-state index contributed by atoms with van der Waals surface area (Å²) in [5.74, 6) is 0.193. The van der Waals surface area contributed by atoms with Crippen molar-refractivity contribution in [1.82, 2.24) is 9.88 Å². The van der Waals surface area contributed by atoms with E-state index >= 15 is 0 Å². The highest BCUT2D eigenvalue weighted by Crippen LogP contribution is 2.30. The van der Waals surface area contributed by atoms with Gasteiger partial charge in [0.1, 0.15) is 0 Å². The second kappa shape index (κ2) is 7.93. The van der Waals surface area contributed by atoms with Crippen molar-refractivity contribution in [3.8, 4) is 0 Å². The van der Waals surface area contributed by atoms with Gasteiger partial charge in [-0.15, -0.1) is 11.3 Å². The Labute approximate surface area is 149 Å². The summed E-state index contributed by atoms with van der Waals surface area (Å²) in [6, 6.07) is 0.167. The van der Waals surface area contributed by atoms with E-state index in [1.165, 1.54) is 19.3 Å². The molecule has 0 aromatic carbocycles. The molecule has 1 aromatic heterocycles. The lowest BCUT2D eigenvalue weighted by atomic mass is 9.94. The van der Waals surface area contributed by atoms with Gasteiger partial charge in [0.05, 0.1) is 18.2 Å². The van der Waals surface area contributed by atoms with E-state index in [4.69, 9.17) is 4.74 Å². The van der Waals surface area contributed by atoms with Crippen LogP contribution in [0, 0.1) is 0 Å². The Kier molecular flexibility index (Phi) is 5.89. The first kappa shape index (κ1) is 17.8. The first-order chi connectivity index (χ1) is 11.6. The summed E-state index contributed by atoms with van der Waals surface area (Å²) in [7, 11) is 0. The van der Waals surface area contributed by atoms with Crippen molar-refractivity contribution in [1.29, 1.82) is 0 Å². The quantitative estimate of drug-likeness (QED) is 0.835. The number of morpholine rings is 1. The van der Waals surface area contributed by atoms with Crippen LogP contribution >= 0.6 is 11.3 Å². The third-order valence-electron chi connectivity index (χ3n) is 5.16. The Balaban J connectivity index is 1.77. The van der Waals surface area contributed by atoms with Gasteiger partial charge in [0.15, 0.2) is 5.13 Å². The molecule has 5 nitrogen and oxygen atoms in total. The number of rotatable bonds is 4. The fraction of sp³-hybridized carbons (Fsp3) is 0.778. The predicted octanol–water partition coefficient (Wildman–Crippen LogP) is 3.31. The minimum Gasteiger partial charge on any atom is -0.373 e. The molecule has 6 heteroatoms. The van der Waals surface area contributed by atoms with Gasteiger partial charge < -0.3 is 4.74 Å². The number of aromatic nitrogens is 1. The fourth-order valence-electron chi connectivity index (χ4n) is 4.00. The second-order valence-electron chi connectivity index (χ2n) is 7.20. The van der Waals surface area contributed by atoms with E-state index in [0.717, 1.165) is 31.1 Å². The molecule has 2 aliphatic rings. The lowest BCUT2D eigenvalue weighted by Crippen LogP contribution is -2.56.